The van der Waals surface area contributed by atoms with Gasteiger partial charge in [-0.05, 0) is 83.5 Å². The van der Waals surface area contributed by atoms with Gasteiger partial charge in [0.2, 0.25) is 11.8 Å². The second kappa shape index (κ2) is 13.0. The van der Waals surface area contributed by atoms with Gasteiger partial charge in [-0.15, -0.1) is 0 Å². The molecule has 3 rings (SSSR count). The highest BCUT2D eigenvalue weighted by Gasteiger charge is 2.34. The standard InChI is InChI=1S/C30H34Cl3N3O4S/c1-19-13-15-22(16-14-19)41(39,40)36(27-12-8-9-24(31)20(27)2)18-28(37)35(21(3)29(38)34-30(4,5)6)17-23-25(32)10-7-11-26(23)33/h7-16,21H,17-18H2,1-6H3,(H,34,38)/t21-/m1/s1. The molecule has 0 aromatic heterocycles. The Hall–Kier alpha value is -2.78. The first-order valence-corrected chi connectivity index (χ1v) is 15.5. The molecule has 0 aliphatic heterocycles. The van der Waals surface area contributed by atoms with Gasteiger partial charge in [-0.3, -0.25) is 13.9 Å². The molecule has 0 heterocycles. The molecule has 1 atom stereocenters. The number of nitrogens with one attached hydrogen (secondary N) is 1. The van der Waals surface area contributed by atoms with E-state index in [4.69, 9.17) is 34.8 Å². The van der Waals surface area contributed by atoms with Crippen LogP contribution in [0.25, 0.3) is 0 Å². The zero-order valence-electron chi connectivity index (χ0n) is 23.8. The molecule has 41 heavy (non-hydrogen) atoms. The predicted octanol–water partition coefficient (Wildman–Crippen LogP) is 6.79. The third kappa shape index (κ3) is 7.95. The normalized spacial score (nSPS) is 12.5. The number of carbonyl (C=O) groups excluding carboxylic acids is 2. The number of anilines is 1. The van der Waals surface area contributed by atoms with E-state index in [1.54, 1.807) is 62.4 Å². The van der Waals surface area contributed by atoms with E-state index in [-0.39, 0.29) is 17.1 Å². The lowest BCUT2D eigenvalue weighted by Gasteiger charge is -2.34. The van der Waals surface area contributed by atoms with E-state index in [1.807, 2.05) is 27.7 Å². The Morgan fingerprint density at radius 1 is 0.878 bits per heavy atom. The average Bonchev–Trinajstić information content (AvgIpc) is 2.87. The molecule has 0 aliphatic rings. The fourth-order valence-corrected chi connectivity index (χ4v) is 6.29. The number of nitrogens with zero attached hydrogens (tertiary/aromatic N) is 2. The topological polar surface area (TPSA) is 86.8 Å². The van der Waals surface area contributed by atoms with Crippen molar-refractivity contribution in [3.63, 3.8) is 0 Å². The summed E-state index contributed by atoms with van der Waals surface area (Å²) < 4.78 is 29.1. The van der Waals surface area contributed by atoms with Crippen molar-refractivity contribution in [1.82, 2.24) is 10.2 Å². The molecule has 220 valence electrons. The van der Waals surface area contributed by atoms with E-state index >= 15 is 0 Å². The molecule has 0 radical (unpaired) electrons. The second-order valence-corrected chi connectivity index (χ2v) is 13.9. The van der Waals surface area contributed by atoms with Crippen LogP contribution in [-0.4, -0.2) is 43.3 Å². The van der Waals surface area contributed by atoms with Crippen LogP contribution in [0.1, 0.15) is 44.4 Å². The minimum atomic E-state index is -4.23. The Labute approximate surface area is 257 Å². The number of sulfonamides is 1. The van der Waals surface area contributed by atoms with Crippen LogP contribution >= 0.6 is 34.8 Å². The molecule has 0 fully saturated rings. The van der Waals surface area contributed by atoms with Crippen LogP contribution in [-0.2, 0) is 26.2 Å². The number of rotatable bonds is 9. The highest BCUT2D eigenvalue weighted by atomic mass is 35.5. The fourth-order valence-electron chi connectivity index (χ4n) is 4.13. The Balaban J connectivity index is 2.12. The molecule has 0 bridgehead atoms. The van der Waals surface area contributed by atoms with Crippen molar-refractivity contribution >= 4 is 62.3 Å². The minimum absolute atomic E-state index is 0.00879. The maximum absolute atomic E-state index is 14.1. The highest BCUT2D eigenvalue weighted by molar-refractivity contribution is 7.92. The summed E-state index contributed by atoms with van der Waals surface area (Å²) in [6.45, 7) is 9.86. The monoisotopic (exact) mass is 637 g/mol. The van der Waals surface area contributed by atoms with Crippen LogP contribution in [0.2, 0.25) is 15.1 Å². The molecule has 11 heteroatoms. The Morgan fingerprint density at radius 3 is 1.98 bits per heavy atom. The molecule has 0 spiro atoms. The zero-order valence-corrected chi connectivity index (χ0v) is 26.9. The van der Waals surface area contributed by atoms with Crippen molar-refractivity contribution in [2.24, 2.45) is 0 Å². The molecule has 2 amide bonds. The van der Waals surface area contributed by atoms with Crippen molar-refractivity contribution in [3.05, 3.63) is 92.4 Å². The second-order valence-electron chi connectivity index (χ2n) is 10.8. The lowest BCUT2D eigenvalue weighted by atomic mass is 10.1. The average molecular weight is 639 g/mol. The summed E-state index contributed by atoms with van der Waals surface area (Å²) in [7, 11) is -4.23. The van der Waals surface area contributed by atoms with E-state index in [9.17, 15) is 18.0 Å². The van der Waals surface area contributed by atoms with Gasteiger partial charge in [0.05, 0.1) is 10.6 Å². The van der Waals surface area contributed by atoms with Crippen molar-refractivity contribution in [3.8, 4) is 0 Å². The molecule has 3 aromatic rings. The van der Waals surface area contributed by atoms with Crippen LogP contribution in [0, 0.1) is 13.8 Å². The van der Waals surface area contributed by atoms with E-state index < -0.39 is 40.0 Å². The maximum Gasteiger partial charge on any atom is 0.264 e. The Morgan fingerprint density at radius 2 is 1.41 bits per heavy atom. The largest absolute Gasteiger partial charge is 0.350 e. The zero-order chi connectivity index (χ0) is 30.7. The first-order valence-electron chi connectivity index (χ1n) is 12.9. The molecule has 0 saturated heterocycles. The molecular weight excluding hydrogens is 605 g/mol. The van der Waals surface area contributed by atoms with Crippen LogP contribution in [0.3, 0.4) is 0 Å². The smallest absolute Gasteiger partial charge is 0.264 e. The number of hydrogen-bond donors (Lipinski definition) is 1. The van der Waals surface area contributed by atoms with Gasteiger partial charge in [-0.1, -0.05) is 64.6 Å². The summed E-state index contributed by atoms with van der Waals surface area (Å²) in [6, 6.07) is 15.1. The molecule has 0 unspecified atom stereocenters. The Bertz CT molecular complexity index is 1520. The molecule has 0 aliphatic carbocycles. The Kier molecular flexibility index (Phi) is 10.4. The minimum Gasteiger partial charge on any atom is -0.350 e. The van der Waals surface area contributed by atoms with Crippen LogP contribution in [0.4, 0.5) is 5.69 Å². The van der Waals surface area contributed by atoms with Gasteiger partial charge < -0.3 is 10.2 Å². The summed E-state index contributed by atoms with van der Waals surface area (Å²) in [5.41, 5.74) is 1.48. The number of aryl methyl sites for hydroxylation is 1. The number of benzene rings is 3. The quantitative estimate of drug-likeness (QED) is 0.280. The van der Waals surface area contributed by atoms with Gasteiger partial charge in [0.15, 0.2) is 0 Å². The molecule has 1 N–H and O–H groups in total. The maximum atomic E-state index is 14.1. The van der Waals surface area contributed by atoms with Crippen molar-refractivity contribution in [2.45, 2.75) is 64.6 Å². The lowest BCUT2D eigenvalue weighted by molar-refractivity contribution is -0.140. The molecular formula is C30H34Cl3N3O4S. The summed E-state index contributed by atoms with van der Waals surface area (Å²) >= 11 is 19.2. The summed E-state index contributed by atoms with van der Waals surface area (Å²) in [6.07, 6.45) is 0. The number of halogens is 3. The van der Waals surface area contributed by atoms with Gasteiger partial charge >= 0.3 is 0 Å². The summed E-state index contributed by atoms with van der Waals surface area (Å²) in [5.74, 6) is -1.05. The van der Waals surface area contributed by atoms with Crippen molar-refractivity contribution < 1.29 is 18.0 Å². The lowest BCUT2D eigenvalue weighted by Crippen LogP contribution is -2.54. The van der Waals surface area contributed by atoms with Crippen LogP contribution in [0.5, 0.6) is 0 Å². The van der Waals surface area contributed by atoms with E-state index in [1.165, 1.54) is 17.0 Å². The van der Waals surface area contributed by atoms with E-state index in [0.29, 0.717) is 26.2 Å². The highest BCUT2D eigenvalue weighted by Crippen LogP contribution is 2.32. The third-order valence-corrected chi connectivity index (χ3v) is 9.34. The van der Waals surface area contributed by atoms with Crippen molar-refractivity contribution in [2.75, 3.05) is 10.8 Å². The number of amides is 2. The van der Waals surface area contributed by atoms with Crippen LogP contribution in [0.15, 0.2) is 65.6 Å². The third-order valence-electron chi connectivity index (χ3n) is 6.45. The van der Waals surface area contributed by atoms with E-state index in [0.717, 1.165) is 9.87 Å². The van der Waals surface area contributed by atoms with Gasteiger partial charge in [-0.25, -0.2) is 8.42 Å². The van der Waals surface area contributed by atoms with Gasteiger partial charge in [0, 0.05) is 32.7 Å². The summed E-state index contributed by atoms with van der Waals surface area (Å²) in [4.78, 5) is 28.7. The summed E-state index contributed by atoms with van der Waals surface area (Å²) in [5, 5.41) is 3.86. The van der Waals surface area contributed by atoms with Gasteiger partial charge in [-0.2, -0.15) is 0 Å². The molecule has 7 nitrogen and oxygen atoms in total. The van der Waals surface area contributed by atoms with E-state index in [2.05, 4.69) is 5.32 Å². The number of hydrogen-bond acceptors (Lipinski definition) is 4. The van der Waals surface area contributed by atoms with Crippen LogP contribution < -0.4 is 9.62 Å². The van der Waals surface area contributed by atoms with Gasteiger partial charge in [0.25, 0.3) is 10.0 Å². The predicted molar refractivity (Wildman–Crippen MR) is 166 cm³/mol. The van der Waals surface area contributed by atoms with Crippen molar-refractivity contribution in [1.29, 1.82) is 0 Å². The molecule has 3 aromatic carbocycles. The SMILES string of the molecule is Cc1ccc(S(=O)(=O)N(CC(=O)N(Cc2c(Cl)cccc2Cl)[C@H](C)C(=O)NC(C)(C)C)c2cccc(Cl)c2C)cc1. The fraction of sp³-hybridized carbons (Fsp3) is 0.333. The first-order chi connectivity index (χ1) is 19.0. The number of carbonyl (C=O) groups is 2. The first kappa shape index (κ1) is 32.7. The molecule has 0 saturated carbocycles. The van der Waals surface area contributed by atoms with Gasteiger partial charge in [0.1, 0.15) is 12.6 Å².